The molecule has 0 aromatic heterocycles. The summed E-state index contributed by atoms with van der Waals surface area (Å²) in [6.45, 7) is 10.9. The first-order valence-corrected chi connectivity index (χ1v) is 14.0. The van der Waals surface area contributed by atoms with Crippen LogP contribution in [0.15, 0.2) is 78.9 Å². The first-order valence-electron chi connectivity index (χ1n) is 14.0. The monoisotopic (exact) mass is 528 g/mol. The highest BCUT2D eigenvalue weighted by molar-refractivity contribution is 5.88. The third-order valence-electron chi connectivity index (χ3n) is 7.21. The standard InChI is InChI=1S/C34H44N2O3/c1-7-25(2)35-33(38)31(23-27-12-9-8-10-13-27)36(24-28-14-11-15-30(22-28)39-6)32(37)21-18-26-16-19-29(20-17-26)34(3,4)5/h8-17,19-20,22,25,31H,7,18,21,23-24H2,1-6H3,(H,35,38)/t25-,31-/m1/s1. The van der Waals surface area contributed by atoms with Gasteiger partial charge in [-0.2, -0.15) is 0 Å². The highest BCUT2D eigenvalue weighted by atomic mass is 16.5. The molecular weight excluding hydrogens is 484 g/mol. The van der Waals surface area contributed by atoms with E-state index >= 15 is 0 Å². The lowest BCUT2D eigenvalue weighted by atomic mass is 9.86. The van der Waals surface area contributed by atoms with Crippen molar-refractivity contribution in [2.24, 2.45) is 0 Å². The van der Waals surface area contributed by atoms with Crippen molar-refractivity contribution in [2.45, 2.75) is 84.3 Å². The van der Waals surface area contributed by atoms with Crippen LogP contribution in [0.4, 0.5) is 0 Å². The SMILES string of the molecule is CC[C@@H](C)NC(=O)[C@@H](Cc1ccccc1)N(Cc1cccc(OC)c1)C(=O)CCc1ccc(C(C)(C)C)cc1. The number of hydrogen-bond acceptors (Lipinski definition) is 3. The maximum atomic E-state index is 13.9. The van der Waals surface area contributed by atoms with Crippen LogP contribution in [0.3, 0.4) is 0 Å². The predicted molar refractivity (Wildman–Crippen MR) is 159 cm³/mol. The topological polar surface area (TPSA) is 58.6 Å². The Kier molecular flexibility index (Phi) is 10.7. The minimum Gasteiger partial charge on any atom is -0.497 e. The molecule has 3 aromatic carbocycles. The molecule has 2 atom stereocenters. The fourth-order valence-corrected chi connectivity index (χ4v) is 4.53. The van der Waals surface area contributed by atoms with Gasteiger partial charge in [0, 0.05) is 25.4 Å². The fraction of sp³-hybridized carbons (Fsp3) is 0.412. The van der Waals surface area contributed by atoms with Gasteiger partial charge in [-0.25, -0.2) is 0 Å². The van der Waals surface area contributed by atoms with Gasteiger partial charge < -0.3 is 15.0 Å². The molecule has 0 fully saturated rings. The van der Waals surface area contributed by atoms with Crippen LogP contribution in [-0.2, 0) is 34.4 Å². The van der Waals surface area contributed by atoms with Gasteiger partial charge >= 0.3 is 0 Å². The average molecular weight is 529 g/mol. The molecule has 0 radical (unpaired) electrons. The van der Waals surface area contributed by atoms with Crippen molar-refractivity contribution in [2.75, 3.05) is 7.11 Å². The molecule has 0 aliphatic heterocycles. The van der Waals surface area contributed by atoms with Gasteiger partial charge in [0.15, 0.2) is 0 Å². The van der Waals surface area contributed by atoms with Gasteiger partial charge in [0.05, 0.1) is 7.11 Å². The second kappa shape index (κ2) is 14.0. The smallest absolute Gasteiger partial charge is 0.243 e. The van der Waals surface area contributed by atoms with Gasteiger partial charge in [-0.15, -0.1) is 0 Å². The molecule has 0 heterocycles. The molecule has 0 bridgehead atoms. The summed E-state index contributed by atoms with van der Waals surface area (Å²) in [4.78, 5) is 29.3. The largest absolute Gasteiger partial charge is 0.497 e. The molecule has 0 aliphatic carbocycles. The zero-order chi connectivity index (χ0) is 28.4. The number of amides is 2. The molecule has 0 spiro atoms. The number of benzene rings is 3. The number of aryl methyl sites for hydroxylation is 1. The fourth-order valence-electron chi connectivity index (χ4n) is 4.53. The van der Waals surface area contributed by atoms with Crippen LogP contribution in [0, 0.1) is 0 Å². The van der Waals surface area contributed by atoms with E-state index in [1.165, 1.54) is 5.56 Å². The molecule has 3 aromatic rings. The lowest BCUT2D eigenvalue weighted by Crippen LogP contribution is -2.52. The van der Waals surface area contributed by atoms with E-state index in [1.54, 1.807) is 12.0 Å². The molecule has 3 rings (SSSR count). The number of hydrogen-bond donors (Lipinski definition) is 1. The molecule has 208 valence electrons. The van der Waals surface area contributed by atoms with E-state index < -0.39 is 6.04 Å². The van der Waals surface area contributed by atoms with Crippen molar-refractivity contribution in [3.63, 3.8) is 0 Å². The van der Waals surface area contributed by atoms with Crippen molar-refractivity contribution >= 4 is 11.8 Å². The highest BCUT2D eigenvalue weighted by Crippen LogP contribution is 2.23. The summed E-state index contributed by atoms with van der Waals surface area (Å²) in [6, 6.07) is 25.5. The normalized spacial score (nSPS) is 12.9. The third-order valence-corrected chi connectivity index (χ3v) is 7.21. The van der Waals surface area contributed by atoms with Gasteiger partial charge in [-0.3, -0.25) is 9.59 Å². The quantitative estimate of drug-likeness (QED) is 0.293. The molecule has 0 aliphatic rings. The minimum atomic E-state index is -0.636. The molecule has 2 amide bonds. The van der Waals surface area contributed by atoms with Crippen LogP contribution in [-0.4, -0.2) is 35.9 Å². The van der Waals surface area contributed by atoms with E-state index in [0.717, 1.165) is 28.9 Å². The summed E-state index contributed by atoms with van der Waals surface area (Å²) in [6.07, 6.45) is 2.20. The molecular formula is C34H44N2O3. The molecule has 5 heteroatoms. The average Bonchev–Trinajstić information content (AvgIpc) is 2.93. The Balaban J connectivity index is 1.90. The molecule has 5 nitrogen and oxygen atoms in total. The second-order valence-electron chi connectivity index (χ2n) is 11.3. The molecule has 1 N–H and O–H groups in total. The van der Waals surface area contributed by atoms with Crippen molar-refractivity contribution in [1.29, 1.82) is 0 Å². The number of rotatable bonds is 12. The van der Waals surface area contributed by atoms with E-state index in [9.17, 15) is 9.59 Å². The summed E-state index contributed by atoms with van der Waals surface area (Å²) in [5.41, 5.74) is 4.40. The van der Waals surface area contributed by atoms with Crippen molar-refractivity contribution in [3.05, 3.63) is 101 Å². The molecule has 0 saturated carbocycles. The van der Waals surface area contributed by atoms with Crippen molar-refractivity contribution < 1.29 is 14.3 Å². The second-order valence-corrected chi connectivity index (χ2v) is 11.3. The lowest BCUT2D eigenvalue weighted by Gasteiger charge is -2.32. The van der Waals surface area contributed by atoms with Crippen LogP contribution < -0.4 is 10.1 Å². The minimum absolute atomic E-state index is 0.0193. The summed E-state index contributed by atoms with van der Waals surface area (Å²) < 4.78 is 5.42. The van der Waals surface area contributed by atoms with E-state index in [0.29, 0.717) is 25.8 Å². The van der Waals surface area contributed by atoms with E-state index in [1.807, 2.05) is 68.4 Å². The molecule has 0 saturated heterocycles. The number of nitrogens with zero attached hydrogens (tertiary/aromatic N) is 1. The maximum absolute atomic E-state index is 13.9. The Morgan fingerprint density at radius 1 is 0.897 bits per heavy atom. The number of ether oxygens (including phenoxy) is 1. The summed E-state index contributed by atoms with van der Waals surface area (Å²) >= 11 is 0. The zero-order valence-corrected chi connectivity index (χ0v) is 24.4. The first kappa shape index (κ1) is 29.9. The highest BCUT2D eigenvalue weighted by Gasteiger charge is 2.31. The van der Waals surface area contributed by atoms with Crippen LogP contribution in [0.5, 0.6) is 5.75 Å². The van der Waals surface area contributed by atoms with Gasteiger partial charge in [0.25, 0.3) is 0 Å². The van der Waals surface area contributed by atoms with Gasteiger partial charge in [0.2, 0.25) is 11.8 Å². The van der Waals surface area contributed by atoms with Crippen LogP contribution in [0.25, 0.3) is 0 Å². The third kappa shape index (κ3) is 8.98. The van der Waals surface area contributed by atoms with Crippen molar-refractivity contribution in [1.82, 2.24) is 10.2 Å². The van der Waals surface area contributed by atoms with Crippen LogP contribution in [0.1, 0.15) is 69.7 Å². The van der Waals surface area contributed by atoms with Gasteiger partial charge in [0.1, 0.15) is 11.8 Å². The number of nitrogens with one attached hydrogen (secondary N) is 1. The van der Waals surface area contributed by atoms with Crippen LogP contribution in [0.2, 0.25) is 0 Å². The molecule has 39 heavy (non-hydrogen) atoms. The Morgan fingerprint density at radius 2 is 1.56 bits per heavy atom. The number of methoxy groups -OCH3 is 1. The van der Waals surface area contributed by atoms with E-state index in [2.05, 4.69) is 50.4 Å². The number of carbonyl (C=O) groups excluding carboxylic acids is 2. The Hall–Kier alpha value is -3.60. The first-order chi connectivity index (χ1) is 18.6. The Morgan fingerprint density at radius 3 is 2.18 bits per heavy atom. The van der Waals surface area contributed by atoms with Gasteiger partial charge in [-0.05, 0) is 59.6 Å². The van der Waals surface area contributed by atoms with E-state index in [-0.39, 0.29) is 23.3 Å². The van der Waals surface area contributed by atoms with E-state index in [4.69, 9.17) is 4.74 Å². The summed E-state index contributed by atoms with van der Waals surface area (Å²) in [5, 5.41) is 3.13. The maximum Gasteiger partial charge on any atom is 0.243 e. The predicted octanol–water partition coefficient (Wildman–Crippen LogP) is 6.48. The van der Waals surface area contributed by atoms with Crippen LogP contribution >= 0.6 is 0 Å². The van der Waals surface area contributed by atoms with Crippen molar-refractivity contribution in [3.8, 4) is 5.75 Å². The summed E-state index contributed by atoms with van der Waals surface area (Å²) in [5.74, 6) is 0.555. The zero-order valence-electron chi connectivity index (χ0n) is 24.4. The lowest BCUT2D eigenvalue weighted by molar-refractivity contribution is -0.141. The Labute approximate surface area is 234 Å². The van der Waals surface area contributed by atoms with Gasteiger partial charge in [-0.1, -0.05) is 94.4 Å². The molecule has 0 unspecified atom stereocenters. The number of carbonyl (C=O) groups is 2. The Bertz CT molecular complexity index is 1200. The summed E-state index contributed by atoms with van der Waals surface area (Å²) in [7, 11) is 1.63.